The molecule has 1 saturated carbocycles. The number of imide groups is 1. The molecule has 2 atom stereocenters. The Labute approximate surface area is 131 Å². The molecule has 23 heavy (non-hydrogen) atoms. The van der Waals surface area contributed by atoms with Crippen molar-refractivity contribution in [1.29, 1.82) is 0 Å². The van der Waals surface area contributed by atoms with Crippen molar-refractivity contribution in [1.82, 2.24) is 0 Å². The van der Waals surface area contributed by atoms with Gasteiger partial charge in [-0.3, -0.25) is 14.4 Å². The normalized spacial score (nSPS) is 27.7. The van der Waals surface area contributed by atoms with Crippen LogP contribution in [0.2, 0.25) is 0 Å². The van der Waals surface area contributed by atoms with Crippen LogP contribution in [0.15, 0.2) is 18.2 Å². The number of nitrogens with zero attached hydrogens (tertiary/aromatic N) is 1. The number of hydrogen-bond acceptors (Lipinski definition) is 3. The molecule has 3 amide bonds. The van der Waals surface area contributed by atoms with Crippen LogP contribution in [-0.4, -0.2) is 17.7 Å². The molecule has 2 unspecified atom stereocenters. The Kier molecular flexibility index (Phi) is 3.66. The smallest absolute Gasteiger partial charge is 0.240 e. The van der Waals surface area contributed by atoms with Crippen LogP contribution in [0.1, 0.15) is 25.7 Å². The summed E-state index contributed by atoms with van der Waals surface area (Å²) in [5.41, 5.74) is 4.14. The SMILES string of the molecule is NC(=O)C1C[CH]CC2(CC(=O)N(c3cc(F)cc(F)c3)C2=O)C1. The quantitative estimate of drug-likeness (QED) is 0.842. The summed E-state index contributed by atoms with van der Waals surface area (Å²) >= 11 is 0. The van der Waals surface area contributed by atoms with Gasteiger partial charge in [0.05, 0.1) is 11.1 Å². The van der Waals surface area contributed by atoms with Crippen LogP contribution in [0.25, 0.3) is 0 Å². The van der Waals surface area contributed by atoms with Crippen molar-refractivity contribution in [3.8, 4) is 0 Å². The lowest BCUT2D eigenvalue weighted by atomic mass is 9.68. The van der Waals surface area contributed by atoms with Crippen LogP contribution in [0.5, 0.6) is 0 Å². The van der Waals surface area contributed by atoms with E-state index in [-0.39, 0.29) is 18.5 Å². The predicted molar refractivity (Wildman–Crippen MR) is 76.7 cm³/mol. The maximum Gasteiger partial charge on any atom is 0.240 e. The van der Waals surface area contributed by atoms with Gasteiger partial charge < -0.3 is 5.73 Å². The number of anilines is 1. The summed E-state index contributed by atoms with van der Waals surface area (Å²) in [7, 11) is 0. The number of amides is 3. The number of carbonyl (C=O) groups is 3. The Balaban J connectivity index is 1.95. The van der Waals surface area contributed by atoms with Gasteiger partial charge in [-0.05, 0) is 37.8 Å². The highest BCUT2D eigenvalue weighted by atomic mass is 19.1. The van der Waals surface area contributed by atoms with Crippen molar-refractivity contribution in [2.24, 2.45) is 17.1 Å². The zero-order chi connectivity index (χ0) is 16.8. The zero-order valence-corrected chi connectivity index (χ0v) is 12.2. The van der Waals surface area contributed by atoms with E-state index in [9.17, 15) is 23.2 Å². The molecule has 1 spiro atoms. The van der Waals surface area contributed by atoms with E-state index >= 15 is 0 Å². The summed E-state index contributed by atoms with van der Waals surface area (Å²) in [6.45, 7) is 0. The van der Waals surface area contributed by atoms with Gasteiger partial charge in [0.1, 0.15) is 11.6 Å². The lowest BCUT2D eigenvalue weighted by Gasteiger charge is -2.34. The van der Waals surface area contributed by atoms with Gasteiger partial charge in [0.2, 0.25) is 17.7 Å². The number of benzene rings is 1. The Morgan fingerprint density at radius 2 is 1.87 bits per heavy atom. The molecular formula is C16H15F2N2O3. The molecule has 7 heteroatoms. The van der Waals surface area contributed by atoms with Gasteiger partial charge in [0, 0.05) is 18.4 Å². The van der Waals surface area contributed by atoms with Gasteiger partial charge in [0.15, 0.2) is 0 Å². The average molecular weight is 321 g/mol. The molecule has 121 valence electrons. The second-order valence-electron chi connectivity index (χ2n) is 6.15. The van der Waals surface area contributed by atoms with Crippen molar-refractivity contribution in [2.45, 2.75) is 25.7 Å². The van der Waals surface area contributed by atoms with Crippen LogP contribution in [-0.2, 0) is 14.4 Å². The predicted octanol–water partition coefficient (Wildman–Crippen LogP) is 1.70. The first-order valence-electron chi connectivity index (χ1n) is 7.27. The fraction of sp³-hybridized carbons (Fsp3) is 0.375. The maximum atomic E-state index is 13.4. The molecular weight excluding hydrogens is 306 g/mol. The topological polar surface area (TPSA) is 80.5 Å². The molecule has 2 N–H and O–H groups in total. The highest BCUT2D eigenvalue weighted by Crippen LogP contribution is 2.48. The second-order valence-corrected chi connectivity index (χ2v) is 6.15. The van der Waals surface area contributed by atoms with Gasteiger partial charge in [-0.25, -0.2) is 13.7 Å². The molecule has 1 aromatic carbocycles. The number of primary amides is 1. The van der Waals surface area contributed by atoms with Gasteiger partial charge in [-0.2, -0.15) is 0 Å². The molecule has 0 aromatic heterocycles. The first kappa shape index (κ1) is 15.6. The minimum Gasteiger partial charge on any atom is -0.369 e. The molecule has 3 rings (SSSR count). The summed E-state index contributed by atoms with van der Waals surface area (Å²) in [5, 5.41) is 0. The number of nitrogens with two attached hydrogens (primary N) is 1. The van der Waals surface area contributed by atoms with Crippen molar-refractivity contribution in [3.63, 3.8) is 0 Å². The third-order valence-corrected chi connectivity index (χ3v) is 4.53. The van der Waals surface area contributed by atoms with Crippen LogP contribution < -0.4 is 10.6 Å². The monoisotopic (exact) mass is 321 g/mol. The Bertz CT molecular complexity index is 686. The van der Waals surface area contributed by atoms with Crippen LogP contribution in [0.3, 0.4) is 0 Å². The van der Waals surface area contributed by atoms with E-state index in [0.29, 0.717) is 18.9 Å². The van der Waals surface area contributed by atoms with Gasteiger partial charge in [-0.1, -0.05) is 0 Å². The Morgan fingerprint density at radius 1 is 1.22 bits per heavy atom. The van der Waals surface area contributed by atoms with Gasteiger partial charge in [-0.15, -0.1) is 0 Å². The molecule has 1 radical (unpaired) electrons. The third-order valence-electron chi connectivity index (χ3n) is 4.53. The molecule has 5 nitrogen and oxygen atoms in total. The van der Waals surface area contributed by atoms with Crippen molar-refractivity contribution >= 4 is 23.4 Å². The molecule has 1 aromatic rings. The maximum absolute atomic E-state index is 13.4. The van der Waals surface area contributed by atoms with E-state index in [1.165, 1.54) is 0 Å². The fourth-order valence-electron chi connectivity index (χ4n) is 3.46. The first-order valence-corrected chi connectivity index (χ1v) is 7.27. The van der Waals surface area contributed by atoms with Gasteiger partial charge in [0.25, 0.3) is 0 Å². The van der Waals surface area contributed by atoms with E-state index in [1.807, 2.05) is 0 Å². The summed E-state index contributed by atoms with van der Waals surface area (Å²) < 4.78 is 26.8. The fourth-order valence-corrected chi connectivity index (χ4v) is 3.46. The van der Waals surface area contributed by atoms with Crippen LogP contribution >= 0.6 is 0 Å². The standard InChI is InChI=1S/C16H15F2N2O3/c17-10-4-11(18)6-12(5-10)20-13(21)8-16(15(20)23)3-1-2-9(7-16)14(19)22/h1,4-6,9H,2-3,7-8H2,(H2,19,22). The Morgan fingerprint density at radius 3 is 2.48 bits per heavy atom. The largest absolute Gasteiger partial charge is 0.369 e. The van der Waals surface area contributed by atoms with E-state index in [4.69, 9.17) is 5.73 Å². The lowest BCUT2D eigenvalue weighted by Crippen LogP contribution is -2.41. The number of hydrogen-bond donors (Lipinski definition) is 1. The average Bonchev–Trinajstić information content (AvgIpc) is 2.68. The molecule has 2 aliphatic rings. The molecule has 1 aliphatic carbocycles. The zero-order valence-electron chi connectivity index (χ0n) is 12.2. The number of rotatable bonds is 2. The Hall–Kier alpha value is -2.31. The van der Waals surface area contributed by atoms with Crippen LogP contribution in [0, 0.1) is 29.4 Å². The van der Waals surface area contributed by atoms with E-state index < -0.39 is 40.7 Å². The van der Waals surface area contributed by atoms with E-state index in [2.05, 4.69) is 0 Å². The van der Waals surface area contributed by atoms with E-state index in [0.717, 1.165) is 17.0 Å². The summed E-state index contributed by atoms with van der Waals surface area (Å²) in [6, 6.07) is 2.55. The third kappa shape index (κ3) is 2.60. The minimum atomic E-state index is -1.04. The van der Waals surface area contributed by atoms with Crippen LogP contribution in [0.4, 0.5) is 14.5 Å². The molecule has 1 heterocycles. The molecule has 1 aliphatic heterocycles. The first-order chi connectivity index (χ1) is 10.8. The molecule has 1 saturated heterocycles. The lowest BCUT2D eigenvalue weighted by molar-refractivity contribution is -0.130. The summed E-state index contributed by atoms with van der Waals surface area (Å²) in [5.74, 6) is -3.83. The van der Waals surface area contributed by atoms with E-state index in [1.54, 1.807) is 6.42 Å². The molecule has 0 bridgehead atoms. The molecule has 2 fully saturated rings. The number of halogens is 2. The highest BCUT2D eigenvalue weighted by Gasteiger charge is 2.54. The summed E-state index contributed by atoms with van der Waals surface area (Å²) in [4.78, 5) is 37.3. The summed E-state index contributed by atoms with van der Waals surface area (Å²) in [6.07, 6.45) is 2.67. The highest BCUT2D eigenvalue weighted by molar-refractivity contribution is 6.22. The van der Waals surface area contributed by atoms with Crippen molar-refractivity contribution < 1.29 is 23.2 Å². The number of carbonyl (C=O) groups excluding carboxylic acids is 3. The second kappa shape index (κ2) is 5.40. The van der Waals surface area contributed by atoms with Gasteiger partial charge >= 0.3 is 0 Å². The van der Waals surface area contributed by atoms with Crippen molar-refractivity contribution in [3.05, 3.63) is 36.3 Å². The van der Waals surface area contributed by atoms with Crippen molar-refractivity contribution in [2.75, 3.05) is 4.90 Å². The minimum absolute atomic E-state index is 0.0930.